The Kier molecular flexibility index (Phi) is 9.81. The van der Waals surface area contributed by atoms with Gasteiger partial charge in [0.15, 0.2) is 0 Å². The fourth-order valence-corrected chi connectivity index (χ4v) is 3.15. The number of aliphatic hydroxyl groups is 1. The predicted octanol–water partition coefficient (Wildman–Crippen LogP) is 3.58. The van der Waals surface area contributed by atoms with Crippen molar-refractivity contribution in [3.8, 4) is 5.75 Å². The third-order valence-corrected chi connectivity index (χ3v) is 5.01. The Hall–Kier alpha value is -2.58. The average molecular weight is 435 g/mol. The highest BCUT2D eigenvalue weighted by Crippen LogP contribution is 2.31. The quantitative estimate of drug-likeness (QED) is 0.281. The van der Waals surface area contributed by atoms with Crippen LogP contribution in [-0.2, 0) is 14.3 Å². The Bertz CT molecular complexity index is 863. The molecule has 0 fully saturated rings. The van der Waals surface area contributed by atoms with Gasteiger partial charge >= 0.3 is 11.9 Å². The molecule has 1 aromatic carbocycles. The van der Waals surface area contributed by atoms with Gasteiger partial charge in [-0.05, 0) is 37.5 Å². The van der Waals surface area contributed by atoms with Gasteiger partial charge in [0, 0.05) is 18.0 Å². The minimum atomic E-state index is -0.901. The topological polar surface area (TPSA) is 121 Å². The molecule has 0 aliphatic carbocycles. The molecule has 172 valence electrons. The number of aliphatic hydroxyl groups excluding tert-OH is 1. The van der Waals surface area contributed by atoms with Crippen LogP contribution in [-0.4, -0.2) is 52.9 Å². The number of ether oxygens (including phenoxy) is 2. The lowest BCUT2D eigenvalue weighted by Crippen LogP contribution is -2.32. The van der Waals surface area contributed by atoms with Crippen LogP contribution in [0.4, 0.5) is 0 Å². The summed E-state index contributed by atoms with van der Waals surface area (Å²) in [5.74, 6) is -0.792. The monoisotopic (exact) mass is 434 g/mol. The molecule has 2 unspecified atom stereocenters. The molecule has 0 spiro atoms. The molecule has 0 radical (unpaired) electrons. The number of rotatable bonds is 13. The average Bonchev–Trinajstić information content (AvgIpc) is 3.19. The number of phenolic OH excluding ortho intramolecular Hbond substituents is 1. The fourth-order valence-electron chi connectivity index (χ4n) is 3.15. The molecule has 2 rings (SSSR count). The van der Waals surface area contributed by atoms with Crippen LogP contribution in [0, 0.1) is 0 Å². The second kappa shape index (κ2) is 12.3. The lowest BCUT2D eigenvalue weighted by atomic mass is 10.0. The molecular weight excluding hydrogens is 400 g/mol. The standard InChI is InChI=1S/C23H34N2O6/c1-4-6-10-30-21(28)12-15(3)24-14-20(27)16-8-9-19(26)22-17(16)13-18(25-22)23(29)31-11-7-5-2/h8-9,13,15,20,24-27H,4-7,10-12,14H2,1-3H3. The van der Waals surface area contributed by atoms with E-state index in [0.717, 1.165) is 25.7 Å². The Morgan fingerprint density at radius 2 is 1.81 bits per heavy atom. The number of nitrogens with one attached hydrogen (secondary N) is 2. The zero-order chi connectivity index (χ0) is 22.8. The summed E-state index contributed by atoms with van der Waals surface area (Å²) in [6.07, 6.45) is 2.80. The molecule has 2 atom stereocenters. The van der Waals surface area contributed by atoms with Crippen molar-refractivity contribution in [2.24, 2.45) is 0 Å². The van der Waals surface area contributed by atoms with Gasteiger partial charge in [0.05, 0.1) is 31.3 Å². The SMILES string of the molecule is CCCCOC(=O)CC(C)NCC(O)c1ccc(O)c2[nH]c(C(=O)OCCCC)cc12. The first kappa shape index (κ1) is 24.7. The number of benzene rings is 1. The Balaban J connectivity index is 2.02. The Labute approximate surface area is 182 Å². The predicted molar refractivity (Wildman–Crippen MR) is 118 cm³/mol. The van der Waals surface area contributed by atoms with E-state index in [4.69, 9.17) is 9.47 Å². The lowest BCUT2D eigenvalue weighted by molar-refractivity contribution is -0.144. The molecule has 2 aromatic rings. The normalized spacial score (nSPS) is 13.2. The fraction of sp³-hybridized carbons (Fsp3) is 0.565. The van der Waals surface area contributed by atoms with Crippen molar-refractivity contribution in [2.45, 2.75) is 65.0 Å². The third kappa shape index (κ3) is 7.25. The second-order valence-corrected chi connectivity index (χ2v) is 7.74. The van der Waals surface area contributed by atoms with Crippen LogP contribution in [0.25, 0.3) is 10.9 Å². The van der Waals surface area contributed by atoms with E-state index in [-0.39, 0.29) is 36.4 Å². The number of carbonyl (C=O) groups is 2. The number of hydrogen-bond acceptors (Lipinski definition) is 7. The molecule has 4 N–H and O–H groups in total. The molecule has 0 bridgehead atoms. The van der Waals surface area contributed by atoms with Crippen LogP contribution in [0.5, 0.6) is 5.75 Å². The first-order valence-electron chi connectivity index (χ1n) is 11.0. The van der Waals surface area contributed by atoms with Gasteiger partial charge in [-0.25, -0.2) is 4.79 Å². The number of unbranched alkanes of at least 4 members (excludes halogenated alkanes) is 2. The summed E-state index contributed by atoms with van der Waals surface area (Å²) in [4.78, 5) is 26.9. The number of aromatic amines is 1. The largest absolute Gasteiger partial charge is 0.506 e. The summed E-state index contributed by atoms with van der Waals surface area (Å²) in [6, 6.07) is 4.49. The van der Waals surface area contributed by atoms with E-state index in [9.17, 15) is 19.8 Å². The summed E-state index contributed by atoms with van der Waals surface area (Å²) < 4.78 is 10.4. The highest BCUT2D eigenvalue weighted by atomic mass is 16.5. The summed E-state index contributed by atoms with van der Waals surface area (Å²) in [7, 11) is 0. The maximum absolute atomic E-state index is 12.2. The summed E-state index contributed by atoms with van der Waals surface area (Å²) in [6.45, 7) is 6.84. The number of carbonyl (C=O) groups excluding carboxylic acids is 2. The molecule has 1 heterocycles. The van der Waals surface area contributed by atoms with E-state index in [0.29, 0.717) is 29.7 Å². The highest BCUT2D eigenvalue weighted by molar-refractivity contribution is 5.98. The van der Waals surface area contributed by atoms with E-state index in [1.54, 1.807) is 12.1 Å². The van der Waals surface area contributed by atoms with Crippen LogP contribution >= 0.6 is 0 Å². The van der Waals surface area contributed by atoms with Crippen LogP contribution < -0.4 is 5.32 Å². The smallest absolute Gasteiger partial charge is 0.354 e. The van der Waals surface area contributed by atoms with E-state index in [2.05, 4.69) is 10.3 Å². The highest BCUT2D eigenvalue weighted by Gasteiger charge is 2.20. The van der Waals surface area contributed by atoms with Gasteiger partial charge in [-0.3, -0.25) is 4.79 Å². The molecular formula is C23H34N2O6. The Morgan fingerprint density at radius 1 is 1.13 bits per heavy atom. The maximum atomic E-state index is 12.2. The van der Waals surface area contributed by atoms with Crippen molar-refractivity contribution in [3.05, 3.63) is 29.5 Å². The number of phenols is 1. The number of fused-ring (bicyclic) bond motifs is 1. The molecule has 0 aliphatic rings. The van der Waals surface area contributed by atoms with Crippen molar-refractivity contribution in [1.82, 2.24) is 10.3 Å². The van der Waals surface area contributed by atoms with Crippen molar-refractivity contribution in [2.75, 3.05) is 19.8 Å². The van der Waals surface area contributed by atoms with Crippen molar-refractivity contribution in [1.29, 1.82) is 0 Å². The summed E-state index contributed by atoms with van der Waals surface area (Å²) in [5.41, 5.74) is 1.14. The molecule has 0 saturated heterocycles. The van der Waals surface area contributed by atoms with Crippen LogP contribution in [0.3, 0.4) is 0 Å². The first-order chi connectivity index (χ1) is 14.9. The molecule has 31 heavy (non-hydrogen) atoms. The summed E-state index contributed by atoms with van der Waals surface area (Å²) >= 11 is 0. The van der Waals surface area contributed by atoms with Crippen molar-refractivity contribution < 1.29 is 29.3 Å². The lowest BCUT2D eigenvalue weighted by Gasteiger charge is -2.18. The van der Waals surface area contributed by atoms with Gasteiger partial charge in [-0.15, -0.1) is 0 Å². The van der Waals surface area contributed by atoms with Crippen LogP contribution in [0.2, 0.25) is 0 Å². The van der Waals surface area contributed by atoms with Gasteiger partial charge in [-0.1, -0.05) is 32.8 Å². The van der Waals surface area contributed by atoms with E-state index in [1.807, 2.05) is 20.8 Å². The van der Waals surface area contributed by atoms with E-state index >= 15 is 0 Å². The number of esters is 2. The molecule has 0 saturated carbocycles. The van der Waals surface area contributed by atoms with Crippen molar-refractivity contribution in [3.63, 3.8) is 0 Å². The van der Waals surface area contributed by atoms with Gasteiger partial charge in [0.2, 0.25) is 0 Å². The zero-order valence-electron chi connectivity index (χ0n) is 18.6. The van der Waals surface area contributed by atoms with Crippen LogP contribution in [0.1, 0.15) is 75.0 Å². The van der Waals surface area contributed by atoms with Gasteiger partial charge in [-0.2, -0.15) is 0 Å². The number of H-pyrrole nitrogens is 1. The number of aromatic nitrogens is 1. The van der Waals surface area contributed by atoms with E-state index < -0.39 is 12.1 Å². The molecule has 0 aliphatic heterocycles. The third-order valence-electron chi connectivity index (χ3n) is 5.01. The second-order valence-electron chi connectivity index (χ2n) is 7.74. The molecule has 8 heteroatoms. The first-order valence-corrected chi connectivity index (χ1v) is 11.0. The van der Waals surface area contributed by atoms with Crippen molar-refractivity contribution >= 4 is 22.8 Å². The van der Waals surface area contributed by atoms with Gasteiger partial charge in [0.25, 0.3) is 0 Å². The minimum Gasteiger partial charge on any atom is -0.506 e. The number of hydrogen-bond donors (Lipinski definition) is 4. The van der Waals surface area contributed by atoms with Gasteiger partial charge in [0.1, 0.15) is 11.4 Å². The van der Waals surface area contributed by atoms with Crippen LogP contribution in [0.15, 0.2) is 18.2 Å². The zero-order valence-corrected chi connectivity index (χ0v) is 18.6. The van der Waals surface area contributed by atoms with E-state index in [1.165, 1.54) is 6.07 Å². The summed E-state index contributed by atoms with van der Waals surface area (Å²) in [5, 5.41) is 24.5. The Morgan fingerprint density at radius 3 is 2.48 bits per heavy atom. The molecule has 8 nitrogen and oxygen atoms in total. The molecule has 0 amide bonds. The maximum Gasteiger partial charge on any atom is 0.354 e. The minimum absolute atomic E-state index is 0.0188. The molecule has 1 aromatic heterocycles. The number of aromatic hydroxyl groups is 1. The van der Waals surface area contributed by atoms with Gasteiger partial charge < -0.3 is 30.0 Å².